The molecule has 2 spiro atoms. The largest absolute Gasteiger partial charge is 0.348 e. The second-order valence-corrected chi connectivity index (χ2v) is 11.1. The van der Waals surface area contributed by atoms with Gasteiger partial charge < -0.3 is 18.9 Å². The molecule has 2 heterocycles. The Morgan fingerprint density at radius 3 is 2.22 bits per heavy atom. The van der Waals surface area contributed by atoms with Crippen LogP contribution in [0.1, 0.15) is 71.6 Å². The van der Waals surface area contributed by atoms with Crippen LogP contribution in [0.2, 0.25) is 0 Å². The maximum atomic E-state index is 6.55. The summed E-state index contributed by atoms with van der Waals surface area (Å²) in [6, 6.07) is 0. The highest BCUT2D eigenvalue weighted by molar-refractivity contribution is 5.14. The van der Waals surface area contributed by atoms with Gasteiger partial charge in [-0.1, -0.05) is 20.3 Å². The summed E-state index contributed by atoms with van der Waals surface area (Å²) in [5.41, 5.74) is 0.899. The average Bonchev–Trinajstić information content (AvgIpc) is 3.37. The first-order valence-electron chi connectivity index (χ1n) is 11.5. The van der Waals surface area contributed by atoms with Crippen LogP contribution in [-0.2, 0) is 18.9 Å². The number of hydrogen-bond acceptors (Lipinski definition) is 4. The Bertz CT molecular complexity index is 607. The molecule has 0 aromatic rings. The summed E-state index contributed by atoms with van der Waals surface area (Å²) in [6.07, 6.45) is 11.3. The summed E-state index contributed by atoms with van der Waals surface area (Å²) < 4.78 is 25.4. The second-order valence-electron chi connectivity index (χ2n) is 11.1. The van der Waals surface area contributed by atoms with Crippen LogP contribution in [0.25, 0.3) is 0 Å². The molecule has 0 bridgehead atoms. The maximum Gasteiger partial charge on any atom is 0.172 e. The van der Waals surface area contributed by atoms with Crippen molar-refractivity contribution < 1.29 is 18.9 Å². The average molecular weight is 377 g/mol. The van der Waals surface area contributed by atoms with Crippen molar-refractivity contribution in [3.63, 3.8) is 0 Å². The van der Waals surface area contributed by atoms with E-state index < -0.39 is 0 Å². The molecule has 4 heteroatoms. The Hall–Kier alpha value is -0.160. The standard InChI is InChI=1S/C23H36O4/c1-20-6-3-4-17(20)19-18(5-7-20)21(2)8-9-22(24-10-11-25-22)14-16(21)15-23(19)26-12-13-27-23/h16-19H,3-15H2,1-2H3/t16-,17-,18+,19-,20-,21+/m1/s1. The van der Waals surface area contributed by atoms with Crippen molar-refractivity contribution in [2.45, 2.75) is 83.2 Å². The van der Waals surface area contributed by atoms with Crippen LogP contribution in [0, 0.1) is 34.5 Å². The Labute approximate surface area is 163 Å². The SMILES string of the molecule is C[C@]12CCC[C@@H]1[C@@H]1[C@H](CC2)[C@@]2(C)CCC3(C[C@@H]2CC12OCCO2)OCCO3. The summed E-state index contributed by atoms with van der Waals surface area (Å²) in [7, 11) is 0. The normalized spacial score (nSPS) is 52.7. The van der Waals surface area contributed by atoms with Gasteiger partial charge in [-0.15, -0.1) is 0 Å². The summed E-state index contributed by atoms with van der Waals surface area (Å²) >= 11 is 0. The van der Waals surface area contributed by atoms with Gasteiger partial charge in [0.05, 0.1) is 26.4 Å². The van der Waals surface area contributed by atoms with Crippen molar-refractivity contribution in [3.05, 3.63) is 0 Å². The van der Waals surface area contributed by atoms with Gasteiger partial charge >= 0.3 is 0 Å². The van der Waals surface area contributed by atoms with Crippen LogP contribution in [0.4, 0.5) is 0 Å². The smallest absolute Gasteiger partial charge is 0.172 e. The van der Waals surface area contributed by atoms with E-state index in [1.54, 1.807) is 0 Å². The van der Waals surface area contributed by atoms with Crippen LogP contribution >= 0.6 is 0 Å². The third-order valence-electron chi connectivity index (χ3n) is 10.1. The number of hydrogen-bond donors (Lipinski definition) is 0. The predicted octanol–water partition coefficient (Wildman–Crippen LogP) is 4.52. The Kier molecular flexibility index (Phi) is 3.74. The number of ether oxygens (including phenoxy) is 4. The van der Waals surface area contributed by atoms with E-state index in [9.17, 15) is 0 Å². The minimum absolute atomic E-state index is 0.312. The molecule has 0 N–H and O–H groups in total. The monoisotopic (exact) mass is 376 g/mol. The quantitative estimate of drug-likeness (QED) is 0.623. The molecule has 0 radical (unpaired) electrons. The van der Waals surface area contributed by atoms with Gasteiger partial charge in [0.2, 0.25) is 0 Å². The van der Waals surface area contributed by atoms with Crippen molar-refractivity contribution >= 4 is 0 Å². The predicted molar refractivity (Wildman–Crippen MR) is 101 cm³/mol. The lowest BCUT2D eigenvalue weighted by Gasteiger charge is -2.65. The zero-order valence-electron chi connectivity index (χ0n) is 17.1. The van der Waals surface area contributed by atoms with Crippen LogP contribution in [0.3, 0.4) is 0 Å². The van der Waals surface area contributed by atoms with Gasteiger partial charge in [-0.25, -0.2) is 0 Å². The second kappa shape index (κ2) is 5.71. The molecule has 0 aromatic carbocycles. The van der Waals surface area contributed by atoms with Crippen molar-refractivity contribution in [2.24, 2.45) is 34.5 Å². The summed E-state index contributed by atoms with van der Waals surface area (Å²) in [6.45, 7) is 8.22. The number of fused-ring (bicyclic) bond motifs is 6. The summed E-state index contributed by atoms with van der Waals surface area (Å²) in [5, 5.41) is 0. The first-order valence-corrected chi connectivity index (χ1v) is 11.5. The maximum absolute atomic E-state index is 6.55. The van der Waals surface area contributed by atoms with Gasteiger partial charge in [0.1, 0.15) is 0 Å². The molecule has 6 aliphatic rings. The molecule has 0 amide bonds. The summed E-state index contributed by atoms with van der Waals surface area (Å²) in [4.78, 5) is 0. The van der Waals surface area contributed by atoms with E-state index in [1.807, 2.05) is 0 Å². The highest BCUT2D eigenvalue weighted by Crippen LogP contribution is 2.70. The first-order chi connectivity index (χ1) is 13.0. The third-order valence-corrected chi connectivity index (χ3v) is 10.1. The van der Waals surface area contributed by atoms with E-state index in [4.69, 9.17) is 18.9 Å². The highest BCUT2D eigenvalue weighted by Gasteiger charge is 2.68. The van der Waals surface area contributed by atoms with Crippen LogP contribution in [-0.4, -0.2) is 38.0 Å². The zero-order valence-corrected chi connectivity index (χ0v) is 17.1. The lowest BCUT2D eigenvalue weighted by molar-refractivity contribution is -0.314. The zero-order chi connectivity index (χ0) is 18.3. The lowest BCUT2D eigenvalue weighted by Crippen LogP contribution is -2.64. The Morgan fingerprint density at radius 1 is 0.704 bits per heavy atom. The van der Waals surface area contributed by atoms with E-state index in [0.717, 1.165) is 57.5 Å². The minimum Gasteiger partial charge on any atom is -0.348 e. The van der Waals surface area contributed by atoms with Gasteiger partial charge in [0, 0.05) is 25.2 Å². The molecular weight excluding hydrogens is 340 g/mol. The molecule has 6 atom stereocenters. The van der Waals surface area contributed by atoms with Gasteiger partial charge in [0.15, 0.2) is 11.6 Å². The molecule has 6 rings (SSSR count). The molecule has 4 aliphatic carbocycles. The summed E-state index contributed by atoms with van der Waals surface area (Å²) in [5.74, 6) is 2.03. The van der Waals surface area contributed by atoms with Crippen LogP contribution in [0.15, 0.2) is 0 Å². The third kappa shape index (κ3) is 2.30. The minimum atomic E-state index is -0.331. The van der Waals surface area contributed by atoms with Gasteiger partial charge in [-0.2, -0.15) is 0 Å². The van der Waals surface area contributed by atoms with E-state index in [2.05, 4.69) is 13.8 Å². The first kappa shape index (κ1) is 17.7. The molecule has 2 aliphatic heterocycles. The van der Waals surface area contributed by atoms with E-state index in [1.165, 1.54) is 38.5 Å². The van der Waals surface area contributed by atoms with E-state index in [0.29, 0.717) is 22.7 Å². The Morgan fingerprint density at radius 2 is 1.44 bits per heavy atom. The van der Waals surface area contributed by atoms with E-state index in [-0.39, 0.29) is 11.6 Å². The molecular formula is C23H36O4. The topological polar surface area (TPSA) is 36.9 Å². The Balaban J connectivity index is 1.40. The van der Waals surface area contributed by atoms with Crippen molar-refractivity contribution in [3.8, 4) is 0 Å². The highest BCUT2D eigenvalue weighted by atomic mass is 16.7. The van der Waals surface area contributed by atoms with Gasteiger partial charge in [-0.05, 0) is 60.7 Å². The van der Waals surface area contributed by atoms with E-state index >= 15 is 0 Å². The number of rotatable bonds is 0. The lowest BCUT2D eigenvalue weighted by atomic mass is 9.43. The van der Waals surface area contributed by atoms with Gasteiger partial charge in [0.25, 0.3) is 0 Å². The molecule has 0 aromatic heterocycles. The van der Waals surface area contributed by atoms with Crippen LogP contribution < -0.4 is 0 Å². The molecule has 2 saturated heterocycles. The van der Waals surface area contributed by atoms with Crippen LogP contribution in [0.5, 0.6) is 0 Å². The molecule has 4 saturated carbocycles. The molecule has 4 nitrogen and oxygen atoms in total. The fourth-order valence-electron chi connectivity index (χ4n) is 8.67. The molecule has 6 fully saturated rings. The fourth-order valence-corrected chi connectivity index (χ4v) is 8.67. The molecule has 27 heavy (non-hydrogen) atoms. The van der Waals surface area contributed by atoms with Crippen molar-refractivity contribution in [2.75, 3.05) is 26.4 Å². The van der Waals surface area contributed by atoms with Crippen molar-refractivity contribution in [1.29, 1.82) is 0 Å². The van der Waals surface area contributed by atoms with Gasteiger partial charge in [-0.3, -0.25) is 0 Å². The van der Waals surface area contributed by atoms with Crippen molar-refractivity contribution in [1.82, 2.24) is 0 Å². The molecule has 0 unspecified atom stereocenters. The molecule has 152 valence electrons. The fraction of sp³-hybridized carbons (Fsp3) is 1.00.